The van der Waals surface area contributed by atoms with Crippen LogP contribution in [-0.4, -0.2) is 47.0 Å². The lowest BCUT2D eigenvalue weighted by molar-refractivity contribution is -0.427. The summed E-state index contributed by atoms with van der Waals surface area (Å²) in [5.74, 6) is -45.8. The third-order valence-corrected chi connectivity index (χ3v) is 3.18. The molecule has 1 saturated heterocycles. The number of epoxide rings is 1. The quantitative estimate of drug-likeness (QED) is 0.316. The fourth-order valence-electron chi connectivity index (χ4n) is 1.37. The van der Waals surface area contributed by atoms with E-state index in [1.807, 2.05) is 0 Å². The van der Waals surface area contributed by atoms with Gasteiger partial charge in [-0.25, -0.2) is 0 Å². The standard InChI is InChI=1S/C8ClF15O/c9-7(21,22)5(18,19)3(14,15)1(10,11)2(12,13)4(16,17)6(20)8(23,24)25-6/t6-/m1/s1. The molecule has 150 valence electrons. The zero-order valence-electron chi connectivity index (χ0n) is 10.5. The zero-order chi connectivity index (χ0) is 20.7. The van der Waals surface area contributed by atoms with E-state index >= 15 is 0 Å². The predicted octanol–water partition coefficient (Wildman–Crippen LogP) is 5.28. The molecular formula is C8ClF15O. The number of halogens is 16. The van der Waals surface area contributed by atoms with Crippen molar-refractivity contribution in [1.82, 2.24) is 0 Å². The Morgan fingerprint density at radius 1 is 0.560 bits per heavy atom. The fraction of sp³-hybridized carbons (Fsp3) is 1.00. The van der Waals surface area contributed by atoms with Crippen molar-refractivity contribution in [1.29, 1.82) is 0 Å². The first-order valence-corrected chi connectivity index (χ1v) is 5.56. The summed E-state index contributed by atoms with van der Waals surface area (Å²) in [6.45, 7) is 0. The molecule has 1 heterocycles. The highest BCUT2D eigenvalue weighted by Gasteiger charge is 3.00. The van der Waals surface area contributed by atoms with E-state index in [-0.39, 0.29) is 0 Å². The van der Waals surface area contributed by atoms with Gasteiger partial charge in [-0.15, -0.1) is 0 Å². The molecule has 0 aliphatic carbocycles. The molecule has 1 aliphatic rings. The topological polar surface area (TPSA) is 12.5 Å². The van der Waals surface area contributed by atoms with Gasteiger partial charge in [-0.3, -0.25) is 4.74 Å². The van der Waals surface area contributed by atoms with Gasteiger partial charge < -0.3 is 0 Å². The maximum Gasteiger partial charge on any atom is 0.424 e. The first-order valence-electron chi connectivity index (χ1n) is 5.18. The van der Waals surface area contributed by atoms with Gasteiger partial charge in [0.05, 0.1) is 0 Å². The first-order chi connectivity index (χ1) is 10.5. The second-order valence-corrected chi connectivity index (χ2v) is 5.06. The summed E-state index contributed by atoms with van der Waals surface area (Å²) in [4.78, 5) is 0. The van der Waals surface area contributed by atoms with Crippen LogP contribution in [0.4, 0.5) is 65.9 Å². The Morgan fingerprint density at radius 3 is 1.08 bits per heavy atom. The van der Waals surface area contributed by atoms with E-state index in [9.17, 15) is 65.9 Å². The van der Waals surface area contributed by atoms with Gasteiger partial charge in [0.2, 0.25) is 0 Å². The Labute approximate surface area is 130 Å². The molecule has 0 radical (unpaired) electrons. The lowest BCUT2D eigenvalue weighted by Crippen LogP contribution is -2.72. The Hall–Kier alpha value is -0.800. The van der Waals surface area contributed by atoms with E-state index in [4.69, 9.17) is 0 Å². The van der Waals surface area contributed by atoms with Crippen molar-refractivity contribution >= 4 is 11.6 Å². The summed E-state index contributed by atoms with van der Waals surface area (Å²) in [5.41, 5.74) is 0. The summed E-state index contributed by atoms with van der Waals surface area (Å²) < 4.78 is 193. The van der Waals surface area contributed by atoms with Gasteiger partial charge in [-0.2, -0.15) is 65.9 Å². The van der Waals surface area contributed by atoms with Gasteiger partial charge in [0.1, 0.15) is 0 Å². The van der Waals surface area contributed by atoms with Crippen LogP contribution in [0.2, 0.25) is 0 Å². The molecule has 1 rings (SSSR count). The van der Waals surface area contributed by atoms with Crippen molar-refractivity contribution in [2.24, 2.45) is 0 Å². The second kappa shape index (κ2) is 4.92. The van der Waals surface area contributed by atoms with E-state index < -0.39 is 47.0 Å². The molecular weight excluding hydrogens is 433 g/mol. The lowest BCUT2D eigenvalue weighted by atomic mass is 9.92. The average molecular weight is 433 g/mol. The van der Waals surface area contributed by atoms with Crippen molar-refractivity contribution in [3.8, 4) is 0 Å². The summed E-state index contributed by atoms with van der Waals surface area (Å²) in [6, 6.07) is 0. The molecule has 0 aromatic heterocycles. The van der Waals surface area contributed by atoms with Crippen LogP contribution >= 0.6 is 11.6 Å². The van der Waals surface area contributed by atoms with Crippen LogP contribution in [0.1, 0.15) is 0 Å². The average Bonchev–Trinajstić information content (AvgIpc) is 2.87. The first kappa shape index (κ1) is 22.2. The van der Waals surface area contributed by atoms with Crippen LogP contribution in [0.3, 0.4) is 0 Å². The molecule has 25 heavy (non-hydrogen) atoms. The zero-order valence-corrected chi connectivity index (χ0v) is 11.2. The Morgan fingerprint density at radius 2 is 0.840 bits per heavy atom. The number of rotatable bonds is 6. The van der Waals surface area contributed by atoms with E-state index in [0.29, 0.717) is 0 Å². The minimum Gasteiger partial charge on any atom is -0.265 e. The fourth-order valence-corrected chi connectivity index (χ4v) is 1.49. The summed E-state index contributed by atoms with van der Waals surface area (Å²) in [6.07, 6.45) is -5.88. The summed E-state index contributed by atoms with van der Waals surface area (Å²) in [7, 11) is 0. The van der Waals surface area contributed by atoms with Gasteiger partial charge >= 0.3 is 47.0 Å². The normalized spacial score (nSPS) is 25.9. The molecule has 0 N–H and O–H groups in total. The molecule has 0 spiro atoms. The molecule has 1 fully saturated rings. The molecule has 1 aliphatic heterocycles. The van der Waals surface area contributed by atoms with Crippen molar-refractivity contribution in [3.05, 3.63) is 0 Å². The van der Waals surface area contributed by atoms with Gasteiger partial charge in [-0.05, 0) is 11.6 Å². The van der Waals surface area contributed by atoms with Crippen LogP contribution in [0, 0.1) is 0 Å². The molecule has 0 aromatic carbocycles. The minimum atomic E-state index is -8.20. The van der Waals surface area contributed by atoms with Gasteiger partial charge in [-0.1, -0.05) is 0 Å². The molecule has 0 bridgehead atoms. The number of hydrogen-bond acceptors (Lipinski definition) is 1. The number of hydrogen-bond donors (Lipinski definition) is 0. The highest BCUT2D eigenvalue weighted by molar-refractivity contribution is 6.22. The number of ether oxygens (including phenoxy) is 1. The second-order valence-electron chi connectivity index (χ2n) is 4.58. The van der Waals surface area contributed by atoms with E-state index in [0.717, 1.165) is 0 Å². The summed E-state index contributed by atoms with van der Waals surface area (Å²) in [5, 5.41) is -6.68. The van der Waals surface area contributed by atoms with Gasteiger partial charge in [0.15, 0.2) is 0 Å². The maximum atomic E-state index is 13.0. The molecule has 0 unspecified atom stereocenters. The van der Waals surface area contributed by atoms with E-state index in [1.54, 1.807) is 0 Å². The molecule has 0 amide bonds. The van der Waals surface area contributed by atoms with Gasteiger partial charge in [0.25, 0.3) is 0 Å². The SMILES string of the molecule is FC(F)(Cl)C(F)(F)C(F)(F)C(F)(F)C(F)(F)C(F)(F)[C@@]1(F)OC1(F)F. The van der Waals surface area contributed by atoms with Crippen molar-refractivity contribution < 1.29 is 70.6 Å². The molecule has 0 saturated carbocycles. The Balaban J connectivity index is 3.50. The smallest absolute Gasteiger partial charge is 0.265 e. The van der Waals surface area contributed by atoms with Crippen LogP contribution in [0.25, 0.3) is 0 Å². The van der Waals surface area contributed by atoms with Crippen LogP contribution < -0.4 is 0 Å². The van der Waals surface area contributed by atoms with Crippen molar-refractivity contribution in [2.45, 2.75) is 47.0 Å². The monoisotopic (exact) mass is 432 g/mol. The molecule has 1 nitrogen and oxygen atoms in total. The minimum absolute atomic E-state index is 2.13. The third-order valence-electron chi connectivity index (χ3n) is 2.94. The van der Waals surface area contributed by atoms with Crippen LogP contribution in [-0.2, 0) is 4.74 Å². The number of alkyl halides is 16. The van der Waals surface area contributed by atoms with Crippen LogP contribution in [0.15, 0.2) is 0 Å². The lowest BCUT2D eigenvalue weighted by Gasteiger charge is -2.40. The highest BCUT2D eigenvalue weighted by Crippen LogP contribution is 2.68. The third kappa shape index (κ3) is 2.38. The maximum absolute atomic E-state index is 13.0. The van der Waals surface area contributed by atoms with Crippen LogP contribution in [0.5, 0.6) is 0 Å². The Kier molecular flexibility index (Phi) is 4.38. The van der Waals surface area contributed by atoms with E-state index in [2.05, 4.69) is 16.3 Å². The Bertz CT molecular complexity index is 550. The molecule has 0 aromatic rings. The molecule has 17 heteroatoms. The van der Waals surface area contributed by atoms with Gasteiger partial charge in [0, 0.05) is 0 Å². The van der Waals surface area contributed by atoms with Crippen molar-refractivity contribution in [2.75, 3.05) is 0 Å². The van der Waals surface area contributed by atoms with Crippen molar-refractivity contribution in [3.63, 3.8) is 0 Å². The van der Waals surface area contributed by atoms with E-state index in [1.165, 1.54) is 0 Å². The largest absolute Gasteiger partial charge is 0.424 e. The molecule has 1 atom stereocenters. The summed E-state index contributed by atoms with van der Waals surface area (Å²) >= 11 is 3.38. The predicted molar refractivity (Wildman–Crippen MR) is 45.4 cm³/mol. The highest BCUT2D eigenvalue weighted by atomic mass is 35.5.